The van der Waals surface area contributed by atoms with Crippen molar-refractivity contribution in [3.05, 3.63) is 65.0 Å². The standard InChI is InChI=1S/C23H27F3N2O/c1-3-4-23(29)28(20-8-5-16(2)21(25)14-20)19-9-11-27(12-10-19)15-17-6-7-18(24)13-22(17)26/h5-8,13-14,19H,3-4,9-12,15H2,1-2H3. The molecule has 0 radical (unpaired) electrons. The van der Waals surface area contributed by atoms with Crippen LogP contribution in [0.5, 0.6) is 0 Å². The summed E-state index contributed by atoms with van der Waals surface area (Å²) in [7, 11) is 0. The van der Waals surface area contributed by atoms with Crippen molar-refractivity contribution in [1.82, 2.24) is 4.90 Å². The Kier molecular flexibility index (Phi) is 6.96. The molecule has 0 saturated carbocycles. The first-order valence-corrected chi connectivity index (χ1v) is 10.1. The lowest BCUT2D eigenvalue weighted by atomic mass is 10.00. The maximum Gasteiger partial charge on any atom is 0.227 e. The smallest absolute Gasteiger partial charge is 0.227 e. The van der Waals surface area contributed by atoms with Crippen LogP contribution in [0, 0.1) is 24.4 Å². The number of hydrogen-bond acceptors (Lipinski definition) is 2. The average molecular weight is 404 g/mol. The van der Waals surface area contributed by atoms with E-state index in [-0.39, 0.29) is 17.8 Å². The van der Waals surface area contributed by atoms with E-state index in [2.05, 4.69) is 4.90 Å². The van der Waals surface area contributed by atoms with Crippen molar-refractivity contribution in [1.29, 1.82) is 0 Å². The lowest BCUT2D eigenvalue weighted by molar-refractivity contribution is -0.119. The molecule has 0 N–H and O–H groups in total. The van der Waals surface area contributed by atoms with Gasteiger partial charge in [0.15, 0.2) is 0 Å². The second-order valence-electron chi connectivity index (χ2n) is 7.69. The van der Waals surface area contributed by atoms with Gasteiger partial charge < -0.3 is 4.90 Å². The third-order valence-electron chi connectivity index (χ3n) is 5.50. The van der Waals surface area contributed by atoms with Gasteiger partial charge in [-0.15, -0.1) is 0 Å². The topological polar surface area (TPSA) is 23.6 Å². The molecule has 6 heteroatoms. The van der Waals surface area contributed by atoms with E-state index >= 15 is 0 Å². The molecule has 3 nitrogen and oxygen atoms in total. The van der Waals surface area contributed by atoms with Crippen molar-refractivity contribution in [2.45, 2.75) is 52.1 Å². The number of hydrogen-bond donors (Lipinski definition) is 0. The molecule has 0 aliphatic carbocycles. The monoisotopic (exact) mass is 404 g/mol. The van der Waals surface area contributed by atoms with Crippen molar-refractivity contribution in [3.8, 4) is 0 Å². The molecule has 29 heavy (non-hydrogen) atoms. The molecule has 1 aliphatic rings. The van der Waals surface area contributed by atoms with Gasteiger partial charge in [0.1, 0.15) is 17.5 Å². The number of benzene rings is 2. The number of nitrogens with zero attached hydrogens (tertiary/aromatic N) is 2. The minimum atomic E-state index is -0.583. The largest absolute Gasteiger partial charge is 0.309 e. The van der Waals surface area contributed by atoms with Crippen LogP contribution in [0.1, 0.15) is 43.7 Å². The summed E-state index contributed by atoms with van der Waals surface area (Å²) >= 11 is 0. The number of aryl methyl sites for hydroxylation is 1. The Morgan fingerprint density at radius 2 is 1.79 bits per heavy atom. The zero-order chi connectivity index (χ0) is 21.0. The SMILES string of the molecule is CCCC(=O)N(c1ccc(C)c(F)c1)C1CCN(Cc2ccc(F)cc2F)CC1. The summed E-state index contributed by atoms with van der Waals surface area (Å²) in [6.45, 7) is 5.42. The van der Waals surface area contributed by atoms with Crippen LogP contribution in [0.25, 0.3) is 0 Å². The highest BCUT2D eigenvalue weighted by Gasteiger charge is 2.29. The Bertz CT molecular complexity index is 863. The van der Waals surface area contributed by atoms with Gasteiger partial charge in [0.2, 0.25) is 5.91 Å². The van der Waals surface area contributed by atoms with Crippen LogP contribution >= 0.6 is 0 Å². The number of rotatable bonds is 6. The summed E-state index contributed by atoms with van der Waals surface area (Å²) in [5.74, 6) is -1.44. The first-order valence-electron chi connectivity index (χ1n) is 10.1. The Balaban J connectivity index is 1.70. The van der Waals surface area contributed by atoms with Gasteiger partial charge in [-0.1, -0.05) is 19.1 Å². The van der Waals surface area contributed by atoms with Crippen molar-refractivity contribution >= 4 is 11.6 Å². The van der Waals surface area contributed by atoms with Gasteiger partial charge in [0, 0.05) is 49.4 Å². The zero-order valence-corrected chi connectivity index (χ0v) is 16.9. The van der Waals surface area contributed by atoms with Crippen molar-refractivity contribution in [3.63, 3.8) is 0 Å². The molecule has 3 rings (SSSR count). The van der Waals surface area contributed by atoms with E-state index in [1.807, 2.05) is 6.92 Å². The van der Waals surface area contributed by atoms with Crippen LogP contribution in [0.15, 0.2) is 36.4 Å². The van der Waals surface area contributed by atoms with E-state index in [1.165, 1.54) is 18.2 Å². The predicted molar refractivity (Wildman–Crippen MR) is 108 cm³/mol. The van der Waals surface area contributed by atoms with E-state index in [1.54, 1.807) is 24.0 Å². The molecule has 1 amide bonds. The fourth-order valence-electron chi connectivity index (χ4n) is 3.85. The van der Waals surface area contributed by atoms with Crippen LogP contribution in [0.2, 0.25) is 0 Å². The summed E-state index contributed by atoms with van der Waals surface area (Å²) in [6.07, 6.45) is 2.57. The van der Waals surface area contributed by atoms with Crippen LogP contribution in [-0.2, 0) is 11.3 Å². The van der Waals surface area contributed by atoms with Gasteiger partial charge in [-0.25, -0.2) is 13.2 Å². The number of halogens is 3. The normalized spacial score (nSPS) is 15.5. The fourth-order valence-corrected chi connectivity index (χ4v) is 3.85. The third kappa shape index (κ3) is 5.18. The molecular weight excluding hydrogens is 377 g/mol. The van der Waals surface area contributed by atoms with Crippen LogP contribution in [0.3, 0.4) is 0 Å². The van der Waals surface area contributed by atoms with Gasteiger partial charge in [-0.2, -0.15) is 0 Å². The second-order valence-corrected chi connectivity index (χ2v) is 7.69. The third-order valence-corrected chi connectivity index (χ3v) is 5.50. The number of likely N-dealkylation sites (tertiary alicyclic amines) is 1. The summed E-state index contributed by atoms with van der Waals surface area (Å²) < 4.78 is 41.2. The zero-order valence-electron chi connectivity index (χ0n) is 16.9. The Hall–Kier alpha value is -2.34. The number of amides is 1. The minimum absolute atomic E-state index is 0.00113. The number of anilines is 1. The molecule has 156 valence electrons. The lowest BCUT2D eigenvalue weighted by Crippen LogP contribution is -2.47. The van der Waals surface area contributed by atoms with Gasteiger partial charge in [-0.05, 0) is 49.9 Å². The maximum absolute atomic E-state index is 14.1. The van der Waals surface area contributed by atoms with Crippen LogP contribution in [0.4, 0.5) is 18.9 Å². The summed E-state index contributed by atoms with van der Waals surface area (Å²) in [6, 6.07) is 8.55. The molecule has 0 atom stereocenters. The van der Waals surface area contributed by atoms with Gasteiger partial charge in [0.05, 0.1) is 0 Å². The molecule has 1 heterocycles. The van der Waals surface area contributed by atoms with Gasteiger partial charge in [-0.3, -0.25) is 9.69 Å². The number of carbonyl (C=O) groups is 1. The van der Waals surface area contributed by atoms with E-state index in [9.17, 15) is 18.0 Å². The molecule has 1 fully saturated rings. The first kappa shape index (κ1) is 21.4. The van der Waals surface area contributed by atoms with Gasteiger partial charge >= 0.3 is 0 Å². The molecule has 2 aromatic rings. The van der Waals surface area contributed by atoms with Crippen molar-refractivity contribution < 1.29 is 18.0 Å². The van der Waals surface area contributed by atoms with Crippen molar-refractivity contribution in [2.24, 2.45) is 0 Å². The molecule has 1 aliphatic heterocycles. The minimum Gasteiger partial charge on any atom is -0.309 e. The highest BCUT2D eigenvalue weighted by molar-refractivity contribution is 5.94. The van der Waals surface area contributed by atoms with Crippen molar-refractivity contribution in [2.75, 3.05) is 18.0 Å². The van der Waals surface area contributed by atoms with E-state index in [0.717, 1.165) is 12.5 Å². The maximum atomic E-state index is 14.1. The van der Waals surface area contributed by atoms with E-state index in [0.29, 0.717) is 55.7 Å². The first-order chi connectivity index (χ1) is 13.9. The summed E-state index contributed by atoms with van der Waals surface area (Å²) in [4.78, 5) is 16.6. The Labute approximate surface area is 170 Å². The van der Waals surface area contributed by atoms with E-state index in [4.69, 9.17) is 0 Å². The summed E-state index contributed by atoms with van der Waals surface area (Å²) in [5.41, 5.74) is 1.60. The van der Waals surface area contributed by atoms with Crippen LogP contribution in [-0.4, -0.2) is 29.9 Å². The highest BCUT2D eigenvalue weighted by atomic mass is 19.1. The molecule has 1 saturated heterocycles. The highest BCUT2D eigenvalue weighted by Crippen LogP contribution is 2.27. The molecule has 2 aromatic carbocycles. The summed E-state index contributed by atoms with van der Waals surface area (Å²) in [5, 5.41) is 0. The molecule has 0 bridgehead atoms. The average Bonchev–Trinajstić information content (AvgIpc) is 2.68. The Morgan fingerprint density at radius 1 is 1.07 bits per heavy atom. The van der Waals surface area contributed by atoms with Crippen LogP contribution < -0.4 is 4.90 Å². The fraction of sp³-hybridized carbons (Fsp3) is 0.435. The molecule has 0 unspecified atom stereocenters. The number of carbonyl (C=O) groups excluding carboxylic acids is 1. The van der Waals surface area contributed by atoms with E-state index < -0.39 is 11.6 Å². The second kappa shape index (κ2) is 9.44. The number of piperidine rings is 1. The molecule has 0 aromatic heterocycles. The quantitative estimate of drug-likeness (QED) is 0.660. The predicted octanol–water partition coefficient (Wildman–Crippen LogP) is 5.21. The Morgan fingerprint density at radius 3 is 2.41 bits per heavy atom. The molecular formula is C23H27F3N2O. The lowest BCUT2D eigenvalue weighted by Gasteiger charge is -2.39. The van der Waals surface area contributed by atoms with Gasteiger partial charge in [0.25, 0.3) is 0 Å². The molecule has 0 spiro atoms.